The Labute approximate surface area is 205 Å². The zero-order valence-electron chi connectivity index (χ0n) is 20.2. The zero-order chi connectivity index (χ0) is 26.5. The lowest BCUT2D eigenvalue weighted by Gasteiger charge is -2.39. The van der Waals surface area contributed by atoms with E-state index in [-0.39, 0.29) is 11.1 Å². The predicted octanol–water partition coefficient (Wildman–Crippen LogP) is 1.87. The van der Waals surface area contributed by atoms with E-state index in [4.69, 9.17) is 14.6 Å². The molecule has 35 heavy (non-hydrogen) atoms. The Morgan fingerprint density at radius 1 is 0.771 bits per heavy atom. The molecule has 9 nitrogen and oxygen atoms in total. The second-order valence-electron chi connectivity index (χ2n) is 8.03. The van der Waals surface area contributed by atoms with Crippen LogP contribution in [-0.2, 0) is 19.1 Å². The van der Waals surface area contributed by atoms with E-state index < -0.39 is 49.3 Å². The molecule has 5 atom stereocenters. The van der Waals surface area contributed by atoms with Crippen molar-refractivity contribution in [3.05, 3.63) is 83.1 Å². The molecule has 0 spiro atoms. The van der Waals surface area contributed by atoms with Gasteiger partial charge >= 0.3 is 11.9 Å². The molecular formula is C26H34O9. The van der Waals surface area contributed by atoms with Crippen molar-refractivity contribution in [2.45, 2.75) is 58.4 Å². The second kappa shape index (κ2) is 15.0. The first-order valence-corrected chi connectivity index (χ1v) is 10.9. The summed E-state index contributed by atoms with van der Waals surface area (Å²) in [6.07, 6.45) is 9.79. The molecule has 0 aliphatic carbocycles. The molecule has 5 N–H and O–H groups in total. The topological polar surface area (TPSA) is 154 Å². The molecular weight excluding hydrogens is 456 g/mol. The van der Waals surface area contributed by atoms with Crippen LogP contribution < -0.4 is 0 Å². The number of hydrogen-bond donors (Lipinski definition) is 5. The largest absolute Gasteiger partial charge is 0.478 e. The van der Waals surface area contributed by atoms with Crippen LogP contribution in [0.1, 0.15) is 27.7 Å². The number of aliphatic hydroxyl groups is 4. The van der Waals surface area contributed by atoms with Gasteiger partial charge in [0.1, 0.15) is 24.4 Å². The van der Waals surface area contributed by atoms with Gasteiger partial charge in [0.05, 0.1) is 6.61 Å². The van der Waals surface area contributed by atoms with Gasteiger partial charge < -0.3 is 35.0 Å². The van der Waals surface area contributed by atoms with Gasteiger partial charge in [-0.15, -0.1) is 0 Å². The summed E-state index contributed by atoms with van der Waals surface area (Å²) >= 11 is 0. The lowest BCUT2D eigenvalue weighted by atomic mass is 9.99. The lowest BCUT2D eigenvalue weighted by molar-refractivity contribution is -0.291. The van der Waals surface area contributed by atoms with Crippen LogP contribution in [0.3, 0.4) is 0 Å². The molecule has 1 rings (SSSR count). The molecule has 0 aromatic heterocycles. The van der Waals surface area contributed by atoms with E-state index in [1.54, 1.807) is 24.3 Å². The SMILES string of the molecule is CC(=C/C=C/C=C(C)\C=C\C=C(\C)C(=O)O[C@@H]1O[C@@H](CO)[C@@H](O)[C@H](O)[C@@H]1O)/C=C/C=C(/C)C(=O)O. The standard InChI is InChI=1S/C26H34O9/c1-16(11-7-13-18(3)24(31)32)9-5-6-10-17(2)12-8-14-19(4)25(33)35-26-23(30)22(29)21(28)20(15-27)34-26/h5-14,20-23,26-30H,15H2,1-4H3,(H,31,32)/b6-5+,11-7+,12-8+,16-9-,17-10-,18-13-,19-14-/t20-,21+,22-,23-,26-/m0/s1. The predicted molar refractivity (Wildman–Crippen MR) is 130 cm³/mol. The molecule has 1 fully saturated rings. The maximum Gasteiger partial charge on any atom is 0.336 e. The Kier molecular flexibility index (Phi) is 12.9. The number of carboxylic acids is 1. The smallest absolute Gasteiger partial charge is 0.336 e. The number of carbonyl (C=O) groups is 2. The van der Waals surface area contributed by atoms with E-state index in [9.17, 15) is 30.0 Å². The van der Waals surface area contributed by atoms with Crippen LogP contribution in [0, 0.1) is 0 Å². The van der Waals surface area contributed by atoms with Gasteiger partial charge in [-0.25, -0.2) is 9.59 Å². The van der Waals surface area contributed by atoms with Crippen molar-refractivity contribution in [2.24, 2.45) is 0 Å². The van der Waals surface area contributed by atoms with Crippen LogP contribution in [0.15, 0.2) is 83.1 Å². The third-order valence-corrected chi connectivity index (χ3v) is 4.97. The van der Waals surface area contributed by atoms with Crippen LogP contribution in [0.5, 0.6) is 0 Å². The minimum absolute atomic E-state index is 0.207. The first kappa shape index (κ1) is 30.0. The molecule has 192 valence electrons. The molecule has 0 amide bonds. The number of carboxylic acid groups (broad SMARTS) is 1. The molecule has 0 unspecified atom stereocenters. The van der Waals surface area contributed by atoms with Gasteiger partial charge in [0, 0.05) is 11.1 Å². The van der Waals surface area contributed by atoms with Gasteiger partial charge in [-0.1, -0.05) is 71.9 Å². The van der Waals surface area contributed by atoms with E-state index in [0.29, 0.717) is 0 Å². The number of aliphatic hydroxyl groups excluding tert-OH is 4. The summed E-state index contributed by atoms with van der Waals surface area (Å²) in [6.45, 7) is 6.16. The number of allylic oxidation sites excluding steroid dienone is 12. The van der Waals surface area contributed by atoms with Crippen LogP contribution in [0.4, 0.5) is 0 Å². The van der Waals surface area contributed by atoms with E-state index in [2.05, 4.69) is 0 Å². The number of hydrogen-bond acceptors (Lipinski definition) is 8. The summed E-state index contributed by atoms with van der Waals surface area (Å²) in [6, 6.07) is 0. The van der Waals surface area contributed by atoms with Crippen LogP contribution in [0.2, 0.25) is 0 Å². The fraction of sp³-hybridized carbons (Fsp3) is 0.385. The summed E-state index contributed by atoms with van der Waals surface area (Å²) < 4.78 is 10.2. The molecule has 0 aromatic rings. The van der Waals surface area contributed by atoms with Crippen molar-refractivity contribution in [3.8, 4) is 0 Å². The fourth-order valence-corrected chi connectivity index (χ4v) is 2.72. The van der Waals surface area contributed by atoms with Crippen molar-refractivity contribution < 1.29 is 44.6 Å². The third-order valence-electron chi connectivity index (χ3n) is 4.97. The third kappa shape index (κ3) is 10.4. The maximum absolute atomic E-state index is 12.2. The minimum atomic E-state index is -1.66. The van der Waals surface area contributed by atoms with Crippen molar-refractivity contribution in [3.63, 3.8) is 0 Å². The second-order valence-corrected chi connectivity index (χ2v) is 8.03. The number of rotatable bonds is 10. The Balaban J connectivity index is 2.64. The summed E-state index contributed by atoms with van der Waals surface area (Å²) in [5.41, 5.74) is 2.29. The fourth-order valence-electron chi connectivity index (χ4n) is 2.72. The normalized spacial score (nSPS) is 27.3. The quantitative estimate of drug-likeness (QED) is 0.175. The van der Waals surface area contributed by atoms with E-state index in [1.807, 2.05) is 38.2 Å². The Morgan fingerprint density at radius 3 is 1.77 bits per heavy atom. The highest BCUT2D eigenvalue weighted by molar-refractivity contribution is 5.88. The van der Waals surface area contributed by atoms with Gasteiger partial charge in [0.2, 0.25) is 6.29 Å². The van der Waals surface area contributed by atoms with Gasteiger partial charge in [0.25, 0.3) is 0 Å². The summed E-state index contributed by atoms with van der Waals surface area (Å²) in [5, 5.41) is 47.5. The van der Waals surface area contributed by atoms with Gasteiger partial charge in [-0.2, -0.15) is 0 Å². The van der Waals surface area contributed by atoms with Crippen LogP contribution >= 0.6 is 0 Å². The summed E-state index contributed by atoms with van der Waals surface area (Å²) in [5.74, 6) is -1.75. The van der Waals surface area contributed by atoms with Gasteiger partial charge in [-0.05, 0) is 27.7 Å². The first-order chi connectivity index (χ1) is 16.5. The number of carbonyl (C=O) groups excluding carboxylic acids is 1. The Morgan fingerprint density at radius 2 is 1.29 bits per heavy atom. The van der Waals surface area contributed by atoms with E-state index in [1.165, 1.54) is 26.0 Å². The van der Waals surface area contributed by atoms with Crippen molar-refractivity contribution in [1.82, 2.24) is 0 Å². The molecule has 0 aromatic carbocycles. The highest BCUT2D eigenvalue weighted by atomic mass is 16.7. The lowest BCUT2D eigenvalue weighted by Crippen LogP contribution is -2.59. The number of aliphatic carboxylic acids is 1. The van der Waals surface area contributed by atoms with Crippen molar-refractivity contribution in [1.29, 1.82) is 0 Å². The van der Waals surface area contributed by atoms with Crippen LogP contribution in [0.25, 0.3) is 0 Å². The highest BCUT2D eigenvalue weighted by Gasteiger charge is 2.45. The van der Waals surface area contributed by atoms with E-state index in [0.717, 1.165) is 11.1 Å². The molecule has 0 saturated carbocycles. The zero-order valence-corrected chi connectivity index (χ0v) is 20.2. The molecule has 0 bridgehead atoms. The van der Waals surface area contributed by atoms with E-state index >= 15 is 0 Å². The summed E-state index contributed by atoms with van der Waals surface area (Å²) in [7, 11) is 0. The van der Waals surface area contributed by atoms with Crippen LogP contribution in [-0.4, -0.2) is 74.8 Å². The molecule has 1 saturated heterocycles. The molecule has 1 heterocycles. The average Bonchev–Trinajstić information content (AvgIpc) is 2.81. The Hall–Kier alpha value is -3.08. The monoisotopic (exact) mass is 490 g/mol. The van der Waals surface area contributed by atoms with Gasteiger partial charge in [0.15, 0.2) is 0 Å². The maximum atomic E-state index is 12.2. The molecule has 1 aliphatic rings. The Bertz CT molecular complexity index is 948. The molecule has 1 aliphatic heterocycles. The first-order valence-electron chi connectivity index (χ1n) is 10.9. The molecule has 0 radical (unpaired) electrons. The molecule has 9 heteroatoms. The van der Waals surface area contributed by atoms with Crippen molar-refractivity contribution in [2.75, 3.05) is 6.61 Å². The van der Waals surface area contributed by atoms with Crippen molar-refractivity contribution >= 4 is 11.9 Å². The average molecular weight is 491 g/mol. The number of esters is 1. The summed E-state index contributed by atoms with van der Waals surface area (Å²) in [4.78, 5) is 23.0. The highest BCUT2D eigenvalue weighted by Crippen LogP contribution is 2.22. The van der Waals surface area contributed by atoms with Gasteiger partial charge in [-0.3, -0.25) is 0 Å². The minimum Gasteiger partial charge on any atom is -0.478 e. The number of ether oxygens (including phenoxy) is 2.